The number of aliphatic hydroxyl groups is 1. The van der Waals surface area contributed by atoms with Crippen molar-refractivity contribution in [3.8, 4) is 5.75 Å². The zero-order valence-electron chi connectivity index (χ0n) is 17.2. The van der Waals surface area contributed by atoms with E-state index in [4.69, 9.17) is 5.73 Å². The number of amidine groups is 1. The number of halogens is 3. The molecule has 0 radical (unpaired) electrons. The molecule has 3 N–H and O–H groups in total. The number of hydrogen-bond donors (Lipinski definition) is 2. The lowest BCUT2D eigenvalue weighted by molar-refractivity contribution is -0.274. The van der Waals surface area contributed by atoms with Crippen molar-refractivity contribution in [2.24, 2.45) is 10.7 Å². The molecule has 1 aromatic carbocycles. The molecule has 1 amide bonds. The van der Waals surface area contributed by atoms with E-state index in [9.17, 15) is 23.1 Å². The number of aliphatic imine (C=N–C) groups is 1. The van der Waals surface area contributed by atoms with Crippen molar-refractivity contribution in [3.05, 3.63) is 59.5 Å². The van der Waals surface area contributed by atoms with Gasteiger partial charge in [-0.3, -0.25) is 9.20 Å². The topological polar surface area (TPSA) is 115 Å². The molecule has 8 nitrogen and oxygen atoms in total. The second-order valence-electron chi connectivity index (χ2n) is 8.15. The Bertz CT molecular complexity index is 1210. The second kappa shape index (κ2) is 7.30. The summed E-state index contributed by atoms with van der Waals surface area (Å²) in [5, 5.41) is 18.8. The van der Waals surface area contributed by atoms with Crippen LogP contribution in [-0.4, -0.2) is 37.8 Å². The first-order valence-corrected chi connectivity index (χ1v) is 9.73. The number of ether oxygens (including phenoxy) is 1. The first-order chi connectivity index (χ1) is 14.9. The maximum absolute atomic E-state index is 13.0. The van der Waals surface area contributed by atoms with Gasteiger partial charge in [0.25, 0.3) is 5.91 Å². The largest absolute Gasteiger partial charge is 0.573 e. The van der Waals surface area contributed by atoms with Crippen molar-refractivity contribution in [1.82, 2.24) is 14.6 Å². The summed E-state index contributed by atoms with van der Waals surface area (Å²) in [7, 11) is 0. The molecular weight excluding hydrogens is 427 g/mol. The zero-order valence-corrected chi connectivity index (χ0v) is 17.2. The van der Waals surface area contributed by atoms with Gasteiger partial charge in [0.1, 0.15) is 17.0 Å². The molecule has 2 heterocycles. The summed E-state index contributed by atoms with van der Waals surface area (Å²) >= 11 is 0. The van der Waals surface area contributed by atoms with Crippen molar-refractivity contribution in [2.75, 3.05) is 0 Å². The Morgan fingerprint density at radius 3 is 2.41 bits per heavy atom. The number of nitrogens with zero attached hydrogens (tertiary/aromatic N) is 4. The van der Waals surface area contributed by atoms with E-state index in [0.717, 1.165) is 12.1 Å². The molecule has 0 unspecified atom stereocenters. The molecule has 0 bridgehead atoms. The minimum Gasteiger partial charge on any atom is -0.406 e. The number of rotatable bonds is 5. The van der Waals surface area contributed by atoms with Gasteiger partial charge < -0.3 is 15.6 Å². The highest BCUT2D eigenvalue weighted by Crippen LogP contribution is 2.48. The summed E-state index contributed by atoms with van der Waals surface area (Å²) in [6.07, 6.45) is -2.11. The Balaban J connectivity index is 1.62. The van der Waals surface area contributed by atoms with E-state index in [2.05, 4.69) is 19.9 Å². The van der Waals surface area contributed by atoms with Crippen LogP contribution in [0.3, 0.4) is 0 Å². The monoisotopic (exact) mass is 447 g/mol. The summed E-state index contributed by atoms with van der Waals surface area (Å²) in [4.78, 5) is 17.0. The van der Waals surface area contributed by atoms with Gasteiger partial charge in [0, 0.05) is 17.3 Å². The molecule has 1 aliphatic rings. The fraction of sp³-hybridized carbons (Fsp3) is 0.333. The molecule has 4 rings (SSSR count). The molecule has 1 aliphatic carbocycles. The molecule has 32 heavy (non-hydrogen) atoms. The van der Waals surface area contributed by atoms with Gasteiger partial charge in [0.05, 0.1) is 5.60 Å². The highest BCUT2D eigenvalue weighted by atomic mass is 19.4. The van der Waals surface area contributed by atoms with E-state index in [0.29, 0.717) is 29.9 Å². The average Bonchev–Trinajstić information content (AvgIpc) is 3.38. The number of carbonyl (C=O) groups excluding carboxylic acids is 1. The maximum atomic E-state index is 13.0. The number of benzene rings is 1. The van der Waals surface area contributed by atoms with Crippen molar-refractivity contribution >= 4 is 17.4 Å². The Morgan fingerprint density at radius 2 is 1.84 bits per heavy atom. The standard InChI is InChI=1S/C21H20F3N5O3/c1-19(2,31)14-4-3-11-29-16(14)27-28-17(29)20(9-10-20)18(30)26-15(25)12-5-7-13(8-6-12)32-21(22,23)24/h3-8,11,31H,9-10H2,1-2H3,(H2,25,26,30). The number of pyridine rings is 1. The number of hydrogen-bond acceptors (Lipinski definition) is 5. The first kappa shape index (κ1) is 21.8. The van der Waals surface area contributed by atoms with E-state index in [1.54, 1.807) is 36.6 Å². The fourth-order valence-corrected chi connectivity index (χ4v) is 3.49. The van der Waals surface area contributed by atoms with Crippen molar-refractivity contribution in [2.45, 2.75) is 44.1 Å². The predicted octanol–water partition coefficient (Wildman–Crippen LogP) is 2.82. The van der Waals surface area contributed by atoms with Crippen LogP contribution < -0.4 is 10.5 Å². The van der Waals surface area contributed by atoms with Crippen LogP contribution in [0.15, 0.2) is 47.6 Å². The molecule has 1 saturated carbocycles. The summed E-state index contributed by atoms with van der Waals surface area (Å²) in [6.45, 7) is 3.26. The van der Waals surface area contributed by atoms with E-state index in [1.807, 2.05) is 0 Å². The van der Waals surface area contributed by atoms with Crippen molar-refractivity contribution < 1.29 is 27.8 Å². The lowest BCUT2D eigenvalue weighted by Crippen LogP contribution is -2.26. The second-order valence-corrected chi connectivity index (χ2v) is 8.15. The third kappa shape index (κ3) is 4.03. The van der Waals surface area contributed by atoms with Gasteiger partial charge in [0.15, 0.2) is 11.5 Å². The Hall–Kier alpha value is -3.47. The normalized spacial score (nSPS) is 16.2. The van der Waals surface area contributed by atoms with E-state index in [-0.39, 0.29) is 11.4 Å². The highest BCUT2D eigenvalue weighted by Gasteiger charge is 2.55. The Labute approximate surface area is 180 Å². The smallest absolute Gasteiger partial charge is 0.406 e. The highest BCUT2D eigenvalue weighted by molar-refractivity contribution is 6.07. The molecule has 0 aliphatic heterocycles. The lowest BCUT2D eigenvalue weighted by atomic mass is 9.99. The Kier molecular flexibility index (Phi) is 4.96. The minimum atomic E-state index is -4.80. The average molecular weight is 447 g/mol. The summed E-state index contributed by atoms with van der Waals surface area (Å²) in [5.41, 5.74) is 5.06. The number of amides is 1. The van der Waals surface area contributed by atoms with Gasteiger partial charge in [-0.25, -0.2) is 0 Å². The quantitative estimate of drug-likeness (QED) is 0.459. The third-order valence-corrected chi connectivity index (χ3v) is 5.29. The van der Waals surface area contributed by atoms with E-state index < -0.39 is 29.0 Å². The molecule has 168 valence electrons. The lowest BCUT2D eigenvalue weighted by Gasteiger charge is -2.18. The fourth-order valence-electron chi connectivity index (χ4n) is 3.49. The molecule has 11 heteroatoms. The van der Waals surface area contributed by atoms with E-state index in [1.165, 1.54) is 12.1 Å². The molecular formula is C21H20F3N5O3. The van der Waals surface area contributed by atoms with Gasteiger partial charge in [-0.2, -0.15) is 4.99 Å². The molecule has 0 atom stereocenters. The summed E-state index contributed by atoms with van der Waals surface area (Å²) < 4.78 is 42.4. The Morgan fingerprint density at radius 1 is 1.19 bits per heavy atom. The van der Waals surface area contributed by atoms with Crippen LogP contribution in [0.2, 0.25) is 0 Å². The van der Waals surface area contributed by atoms with Crippen LogP contribution in [0.5, 0.6) is 5.75 Å². The molecule has 3 aromatic rings. The molecule has 1 fully saturated rings. The molecule has 0 spiro atoms. The van der Waals surface area contributed by atoms with Gasteiger partial charge in [-0.1, -0.05) is 6.07 Å². The van der Waals surface area contributed by atoms with Gasteiger partial charge in [-0.05, 0) is 57.0 Å². The van der Waals surface area contributed by atoms with Gasteiger partial charge >= 0.3 is 6.36 Å². The minimum absolute atomic E-state index is 0.133. The van der Waals surface area contributed by atoms with E-state index >= 15 is 0 Å². The van der Waals surface area contributed by atoms with Crippen LogP contribution >= 0.6 is 0 Å². The molecule has 0 saturated heterocycles. The maximum Gasteiger partial charge on any atom is 0.573 e. The number of aromatic nitrogens is 3. The summed E-state index contributed by atoms with van der Waals surface area (Å²) in [5.74, 6) is -0.662. The van der Waals surface area contributed by atoms with Gasteiger partial charge in [-0.15, -0.1) is 23.4 Å². The number of carbonyl (C=O) groups is 1. The SMILES string of the molecule is CC(C)(O)c1cccn2c(C3(C(=O)N=C(N)c4ccc(OC(F)(F)F)cc4)CC3)nnc12. The van der Waals surface area contributed by atoms with Crippen LogP contribution in [0.4, 0.5) is 13.2 Å². The molecule has 2 aromatic heterocycles. The van der Waals surface area contributed by atoms with Crippen LogP contribution in [0, 0.1) is 0 Å². The number of nitrogens with two attached hydrogens (primary N) is 1. The number of alkyl halides is 3. The van der Waals surface area contributed by atoms with Crippen LogP contribution in [0.1, 0.15) is 43.6 Å². The number of fused-ring (bicyclic) bond motifs is 1. The van der Waals surface area contributed by atoms with Crippen molar-refractivity contribution in [3.63, 3.8) is 0 Å². The predicted molar refractivity (Wildman–Crippen MR) is 108 cm³/mol. The first-order valence-electron chi connectivity index (χ1n) is 9.73. The van der Waals surface area contributed by atoms with Crippen LogP contribution in [0.25, 0.3) is 5.65 Å². The van der Waals surface area contributed by atoms with Gasteiger partial charge in [0.2, 0.25) is 0 Å². The third-order valence-electron chi connectivity index (χ3n) is 5.29. The van der Waals surface area contributed by atoms with Crippen molar-refractivity contribution in [1.29, 1.82) is 0 Å². The summed E-state index contributed by atoms with van der Waals surface area (Å²) in [6, 6.07) is 8.22. The zero-order chi connectivity index (χ0) is 23.3. The van der Waals surface area contributed by atoms with Crippen LogP contribution in [-0.2, 0) is 15.8 Å².